The van der Waals surface area contributed by atoms with Crippen molar-refractivity contribution in [2.75, 3.05) is 11.1 Å². The minimum Gasteiger partial charge on any atom is -0.398 e. The maximum Gasteiger partial charge on any atom is 0.416 e. The second-order valence-electron chi connectivity index (χ2n) is 8.49. The molecule has 1 aromatic heterocycles. The Hall–Kier alpha value is -5.20. The summed E-state index contributed by atoms with van der Waals surface area (Å²) >= 11 is 0. The number of nitrogens with one attached hydrogen (secondary N) is 1. The largest absolute Gasteiger partial charge is 0.416 e. The molecule has 4 rings (SSSR count). The van der Waals surface area contributed by atoms with Gasteiger partial charge in [-0.3, -0.25) is 14.6 Å². The first-order valence-electron chi connectivity index (χ1n) is 11.3. The number of nitrogens with zero attached hydrogens (tertiary/aromatic N) is 4. The van der Waals surface area contributed by atoms with E-state index in [0.29, 0.717) is 29.3 Å². The lowest BCUT2D eigenvalue weighted by atomic mass is 10.0. The number of aryl methyl sites for hydroxylation is 2. The molecule has 0 aliphatic rings. The molecule has 0 saturated carbocycles. The average Bonchev–Trinajstić information content (AvgIpc) is 3.13. The Morgan fingerprint density at radius 2 is 1.77 bits per heavy atom. The minimum atomic E-state index is -4.76. The average molecular weight is 538 g/mol. The molecule has 0 radical (unpaired) electrons. The molecular weight excluding hydrogens is 515 g/mol. The number of carbonyl (C=O) groups is 2. The van der Waals surface area contributed by atoms with Crippen LogP contribution in [0.2, 0.25) is 0 Å². The molecule has 0 aliphatic carbocycles. The van der Waals surface area contributed by atoms with Crippen LogP contribution in [0, 0.1) is 6.92 Å². The Morgan fingerprint density at radius 1 is 1.08 bits per heavy atom. The second kappa shape index (κ2) is 10.3. The Balaban J connectivity index is 1.69. The van der Waals surface area contributed by atoms with Crippen molar-refractivity contribution in [1.29, 1.82) is 0 Å². The van der Waals surface area contributed by atoms with E-state index in [1.807, 2.05) is 0 Å². The molecule has 0 saturated heterocycles. The van der Waals surface area contributed by atoms with E-state index in [0.717, 1.165) is 0 Å². The van der Waals surface area contributed by atoms with Crippen LogP contribution < -0.4 is 22.5 Å². The molecule has 0 unspecified atom stereocenters. The van der Waals surface area contributed by atoms with Crippen LogP contribution in [0.3, 0.4) is 0 Å². The first kappa shape index (κ1) is 26.9. The number of alkyl halides is 3. The molecule has 0 spiro atoms. The standard InChI is InChI=1S/C26H22F3N7O3/c1-14-34-35(2)25(39)36(14)19-8-6-17(7-9-19)32-13-21-20(11-16(12-22(21)30)26(27,28)29)24(38)33-18-5-3-4-15(10-18)23(31)37/h3-13H,30H2,1-2H3,(H2,31,37)(H,33,38). The molecule has 4 aromatic rings. The van der Waals surface area contributed by atoms with Gasteiger partial charge in [0.25, 0.3) is 5.91 Å². The quantitative estimate of drug-likeness (QED) is 0.254. The van der Waals surface area contributed by atoms with Crippen LogP contribution in [0.1, 0.15) is 37.7 Å². The Kier molecular flexibility index (Phi) is 7.08. The molecule has 39 heavy (non-hydrogen) atoms. The third kappa shape index (κ3) is 5.71. The van der Waals surface area contributed by atoms with Crippen LogP contribution in [-0.2, 0) is 13.2 Å². The lowest BCUT2D eigenvalue weighted by Crippen LogP contribution is -2.21. The van der Waals surface area contributed by atoms with Gasteiger partial charge < -0.3 is 16.8 Å². The minimum absolute atomic E-state index is 0.0463. The predicted octanol–water partition coefficient (Wildman–Crippen LogP) is 3.58. The Labute approximate surface area is 219 Å². The number of nitrogen functional groups attached to an aromatic ring is 1. The van der Waals surface area contributed by atoms with Gasteiger partial charge >= 0.3 is 11.9 Å². The number of nitrogens with two attached hydrogens (primary N) is 2. The van der Waals surface area contributed by atoms with E-state index in [1.165, 1.54) is 46.8 Å². The molecule has 10 nitrogen and oxygen atoms in total. The Bertz CT molecular complexity index is 1670. The number of benzene rings is 3. The van der Waals surface area contributed by atoms with Crippen LogP contribution >= 0.6 is 0 Å². The summed E-state index contributed by atoms with van der Waals surface area (Å²) in [4.78, 5) is 41.1. The van der Waals surface area contributed by atoms with Gasteiger partial charge in [-0.1, -0.05) is 6.07 Å². The fourth-order valence-electron chi connectivity index (χ4n) is 3.83. The lowest BCUT2D eigenvalue weighted by Gasteiger charge is -2.14. The van der Waals surface area contributed by atoms with Crippen molar-refractivity contribution in [3.05, 3.63) is 99.2 Å². The van der Waals surface area contributed by atoms with Gasteiger partial charge in [-0.25, -0.2) is 14.0 Å². The van der Waals surface area contributed by atoms with E-state index in [4.69, 9.17) is 11.5 Å². The topological polar surface area (TPSA) is 150 Å². The zero-order valence-corrected chi connectivity index (χ0v) is 20.7. The van der Waals surface area contributed by atoms with Gasteiger partial charge in [-0.05, 0) is 61.5 Å². The summed E-state index contributed by atoms with van der Waals surface area (Å²) in [6.07, 6.45) is -3.58. The van der Waals surface area contributed by atoms with E-state index in [9.17, 15) is 27.6 Å². The van der Waals surface area contributed by atoms with Crippen molar-refractivity contribution in [1.82, 2.24) is 14.3 Å². The number of hydrogen-bond acceptors (Lipinski definition) is 6. The highest BCUT2D eigenvalue weighted by molar-refractivity contribution is 6.11. The van der Waals surface area contributed by atoms with Crippen LogP contribution in [-0.4, -0.2) is 32.4 Å². The summed E-state index contributed by atoms with van der Waals surface area (Å²) in [6.45, 7) is 1.68. The number of anilines is 2. The molecule has 0 fully saturated rings. The Morgan fingerprint density at radius 3 is 2.36 bits per heavy atom. The molecule has 200 valence electrons. The van der Waals surface area contributed by atoms with Gasteiger partial charge in [0.2, 0.25) is 5.91 Å². The molecule has 0 bridgehead atoms. The first-order chi connectivity index (χ1) is 18.3. The molecule has 0 aliphatic heterocycles. The number of aromatic nitrogens is 3. The number of carbonyl (C=O) groups excluding carboxylic acids is 2. The molecule has 13 heteroatoms. The summed E-state index contributed by atoms with van der Waals surface area (Å²) < 4.78 is 43.1. The van der Waals surface area contributed by atoms with Crippen LogP contribution in [0.25, 0.3) is 5.69 Å². The van der Waals surface area contributed by atoms with E-state index < -0.39 is 23.6 Å². The third-order valence-electron chi connectivity index (χ3n) is 5.73. The summed E-state index contributed by atoms with van der Waals surface area (Å²) in [5.74, 6) is -1.16. The highest BCUT2D eigenvalue weighted by atomic mass is 19.4. The molecule has 0 atom stereocenters. The molecule has 1 heterocycles. The van der Waals surface area contributed by atoms with Crippen LogP contribution in [0.4, 0.5) is 30.2 Å². The number of halogens is 3. The first-order valence-corrected chi connectivity index (χ1v) is 11.3. The van der Waals surface area contributed by atoms with E-state index in [-0.39, 0.29) is 33.8 Å². The fraction of sp³-hybridized carbons (Fsp3) is 0.115. The van der Waals surface area contributed by atoms with Crippen LogP contribution in [0.15, 0.2) is 70.5 Å². The number of aliphatic imine (C=N–C) groups is 1. The van der Waals surface area contributed by atoms with E-state index in [2.05, 4.69) is 15.4 Å². The van der Waals surface area contributed by atoms with E-state index in [1.54, 1.807) is 31.2 Å². The number of hydrogen-bond donors (Lipinski definition) is 3. The van der Waals surface area contributed by atoms with Gasteiger partial charge in [0, 0.05) is 35.8 Å². The van der Waals surface area contributed by atoms with Gasteiger partial charge in [-0.2, -0.15) is 18.3 Å². The van der Waals surface area contributed by atoms with Crippen molar-refractivity contribution in [2.24, 2.45) is 17.8 Å². The zero-order chi connectivity index (χ0) is 28.5. The maximum absolute atomic E-state index is 13.5. The molecular formula is C26H22F3N7O3. The van der Waals surface area contributed by atoms with Crippen molar-refractivity contribution in [3.8, 4) is 5.69 Å². The summed E-state index contributed by atoms with van der Waals surface area (Å²) in [5.41, 5.74) is 10.2. The van der Waals surface area contributed by atoms with Gasteiger partial charge in [0.15, 0.2) is 0 Å². The fourth-order valence-corrected chi connectivity index (χ4v) is 3.83. The van der Waals surface area contributed by atoms with Crippen molar-refractivity contribution in [2.45, 2.75) is 13.1 Å². The summed E-state index contributed by atoms with van der Waals surface area (Å²) in [7, 11) is 1.53. The van der Waals surface area contributed by atoms with E-state index >= 15 is 0 Å². The number of primary amides is 1. The van der Waals surface area contributed by atoms with Crippen molar-refractivity contribution in [3.63, 3.8) is 0 Å². The summed E-state index contributed by atoms with van der Waals surface area (Å²) in [6, 6.07) is 13.4. The van der Waals surface area contributed by atoms with Gasteiger partial charge in [0.05, 0.1) is 22.5 Å². The lowest BCUT2D eigenvalue weighted by molar-refractivity contribution is -0.137. The smallest absolute Gasteiger partial charge is 0.398 e. The monoisotopic (exact) mass is 537 g/mol. The SMILES string of the molecule is Cc1nn(C)c(=O)n1-c1ccc(N=Cc2c(N)cc(C(F)(F)F)cc2C(=O)Nc2cccc(C(N)=O)c2)cc1. The number of rotatable bonds is 6. The number of amides is 2. The second-order valence-corrected chi connectivity index (χ2v) is 8.49. The van der Waals surface area contributed by atoms with Gasteiger partial charge in [-0.15, -0.1) is 0 Å². The highest BCUT2D eigenvalue weighted by Gasteiger charge is 2.33. The molecule has 2 amide bonds. The zero-order valence-electron chi connectivity index (χ0n) is 20.7. The normalized spacial score (nSPS) is 11.6. The summed E-state index contributed by atoms with van der Waals surface area (Å²) in [5, 5.41) is 6.54. The maximum atomic E-state index is 13.5. The predicted molar refractivity (Wildman–Crippen MR) is 140 cm³/mol. The third-order valence-corrected chi connectivity index (χ3v) is 5.73. The van der Waals surface area contributed by atoms with Crippen molar-refractivity contribution >= 4 is 35.1 Å². The van der Waals surface area contributed by atoms with Crippen molar-refractivity contribution < 1.29 is 22.8 Å². The molecule has 5 N–H and O–H groups in total. The molecule has 3 aromatic carbocycles. The highest BCUT2D eigenvalue weighted by Crippen LogP contribution is 2.33. The van der Waals surface area contributed by atoms with Gasteiger partial charge in [0.1, 0.15) is 5.82 Å². The van der Waals surface area contributed by atoms with Crippen LogP contribution in [0.5, 0.6) is 0 Å².